The van der Waals surface area contributed by atoms with Crippen molar-refractivity contribution in [3.8, 4) is 0 Å². The highest BCUT2D eigenvalue weighted by atomic mass is 16.5. The molecule has 3 atom stereocenters. The Kier molecular flexibility index (Phi) is 3.99. The van der Waals surface area contributed by atoms with Gasteiger partial charge in [0, 0.05) is 5.92 Å². The normalized spacial score (nSPS) is 34.1. The van der Waals surface area contributed by atoms with Crippen molar-refractivity contribution in [2.75, 3.05) is 0 Å². The number of hydrogen-bond acceptors (Lipinski definition) is 2. The average molecular weight is 427 g/mol. The first-order valence-electron chi connectivity index (χ1n) is 12.1. The lowest BCUT2D eigenvalue weighted by Crippen LogP contribution is -2.34. The van der Waals surface area contributed by atoms with E-state index in [2.05, 4.69) is 96.1 Å². The van der Waals surface area contributed by atoms with E-state index in [1.165, 1.54) is 51.8 Å². The molecule has 166 valence electrons. The van der Waals surface area contributed by atoms with Crippen LogP contribution in [0, 0.1) is 0 Å². The van der Waals surface area contributed by atoms with Crippen LogP contribution in [0.5, 0.6) is 0 Å². The maximum absolute atomic E-state index is 6.97. The molecule has 2 aromatic rings. The SMILES string of the molecule is CC1=C(C)C(c2ccccc2)(c2cccc(C3CC34OC3(CC3)C(C)=C4C)c2)OC1(C)C. The van der Waals surface area contributed by atoms with Crippen molar-refractivity contribution in [2.24, 2.45) is 0 Å². The van der Waals surface area contributed by atoms with Crippen molar-refractivity contribution < 1.29 is 9.47 Å². The molecule has 2 aliphatic carbocycles. The molecule has 0 amide bonds. The molecule has 2 aromatic carbocycles. The quantitative estimate of drug-likeness (QED) is 0.483. The number of rotatable bonds is 3. The molecule has 0 saturated heterocycles. The van der Waals surface area contributed by atoms with E-state index < -0.39 is 5.60 Å². The predicted octanol–water partition coefficient (Wildman–Crippen LogP) is 7.20. The van der Waals surface area contributed by atoms with Gasteiger partial charge in [-0.2, -0.15) is 0 Å². The van der Waals surface area contributed by atoms with E-state index in [0.29, 0.717) is 5.92 Å². The van der Waals surface area contributed by atoms with Crippen molar-refractivity contribution in [3.05, 3.63) is 93.6 Å². The highest BCUT2D eigenvalue weighted by Gasteiger charge is 2.68. The van der Waals surface area contributed by atoms with Crippen molar-refractivity contribution in [3.63, 3.8) is 0 Å². The maximum atomic E-state index is 6.97. The van der Waals surface area contributed by atoms with Crippen molar-refractivity contribution in [1.82, 2.24) is 0 Å². The van der Waals surface area contributed by atoms with Gasteiger partial charge in [-0.15, -0.1) is 0 Å². The van der Waals surface area contributed by atoms with Crippen LogP contribution in [-0.4, -0.2) is 16.8 Å². The summed E-state index contributed by atoms with van der Waals surface area (Å²) < 4.78 is 13.8. The standard InChI is InChI=1S/C30H34O2/c1-19-22(4)30(31-27(19,5)6,24-12-8-7-9-13-24)25-14-10-11-23(17-25)26-18-29(26)21(3)20(2)28(32-29)15-16-28/h7-14,17,26H,15-16,18H2,1-6H3. The number of hydrogen-bond donors (Lipinski definition) is 0. The molecule has 32 heavy (non-hydrogen) atoms. The van der Waals surface area contributed by atoms with Crippen LogP contribution in [0.3, 0.4) is 0 Å². The zero-order valence-electron chi connectivity index (χ0n) is 20.2. The molecule has 3 unspecified atom stereocenters. The molecular weight excluding hydrogens is 392 g/mol. The van der Waals surface area contributed by atoms with E-state index >= 15 is 0 Å². The van der Waals surface area contributed by atoms with Gasteiger partial charge in [0.2, 0.25) is 0 Å². The van der Waals surface area contributed by atoms with Crippen LogP contribution >= 0.6 is 0 Å². The fourth-order valence-electron chi connectivity index (χ4n) is 6.53. The lowest BCUT2D eigenvalue weighted by atomic mass is 9.79. The molecule has 2 spiro atoms. The Balaban J connectivity index is 1.45. The summed E-state index contributed by atoms with van der Waals surface area (Å²) in [4.78, 5) is 0. The molecule has 0 radical (unpaired) electrons. The number of benzene rings is 2. The fraction of sp³-hybridized carbons (Fsp3) is 0.467. The third kappa shape index (κ3) is 2.48. The molecule has 2 fully saturated rings. The third-order valence-corrected chi connectivity index (χ3v) is 9.15. The molecule has 2 saturated carbocycles. The molecule has 0 bridgehead atoms. The van der Waals surface area contributed by atoms with Crippen LogP contribution in [0.15, 0.2) is 76.9 Å². The van der Waals surface area contributed by atoms with Crippen LogP contribution in [0.2, 0.25) is 0 Å². The highest BCUT2D eigenvalue weighted by Crippen LogP contribution is 2.69. The number of ether oxygens (including phenoxy) is 2. The van der Waals surface area contributed by atoms with Gasteiger partial charge in [-0.3, -0.25) is 0 Å². The zero-order chi connectivity index (χ0) is 22.5. The summed E-state index contributed by atoms with van der Waals surface area (Å²) in [6, 6.07) is 19.9. The predicted molar refractivity (Wildman–Crippen MR) is 129 cm³/mol. The molecule has 2 heterocycles. The summed E-state index contributed by atoms with van der Waals surface area (Å²) >= 11 is 0. The van der Waals surface area contributed by atoms with E-state index in [9.17, 15) is 0 Å². The molecule has 0 N–H and O–H groups in total. The van der Waals surface area contributed by atoms with E-state index in [1.54, 1.807) is 0 Å². The van der Waals surface area contributed by atoms with Gasteiger partial charge >= 0.3 is 0 Å². The fourth-order valence-corrected chi connectivity index (χ4v) is 6.53. The summed E-state index contributed by atoms with van der Waals surface area (Å²) in [6.07, 6.45) is 3.47. The van der Waals surface area contributed by atoms with Crippen molar-refractivity contribution >= 4 is 0 Å². The largest absolute Gasteiger partial charge is 0.359 e. The van der Waals surface area contributed by atoms with Gasteiger partial charge in [0.05, 0.1) is 16.8 Å². The Labute approximate surface area is 192 Å². The minimum Gasteiger partial charge on any atom is -0.359 e. The Morgan fingerprint density at radius 1 is 0.719 bits per heavy atom. The lowest BCUT2D eigenvalue weighted by molar-refractivity contribution is -0.0581. The second-order valence-corrected chi connectivity index (χ2v) is 11.0. The minimum atomic E-state index is -0.554. The van der Waals surface area contributed by atoms with Crippen LogP contribution in [0.25, 0.3) is 0 Å². The van der Waals surface area contributed by atoms with Crippen LogP contribution in [0.1, 0.15) is 83.4 Å². The van der Waals surface area contributed by atoms with Crippen LogP contribution in [0.4, 0.5) is 0 Å². The summed E-state index contributed by atoms with van der Waals surface area (Å²) in [5, 5.41) is 0. The molecule has 2 heteroatoms. The lowest BCUT2D eigenvalue weighted by Gasteiger charge is -2.35. The Hall–Kier alpha value is -2.16. The highest BCUT2D eigenvalue weighted by molar-refractivity contribution is 5.55. The van der Waals surface area contributed by atoms with Gasteiger partial charge in [0.15, 0.2) is 0 Å². The third-order valence-electron chi connectivity index (χ3n) is 9.15. The van der Waals surface area contributed by atoms with Gasteiger partial charge in [-0.1, -0.05) is 54.6 Å². The smallest absolute Gasteiger partial charge is 0.141 e. The average Bonchev–Trinajstić information content (AvgIpc) is 3.70. The van der Waals surface area contributed by atoms with Gasteiger partial charge in [0.25, 0.3) is 0 Å². The van der Waals surface area contributed by atoms with Crippen molar-refractivity contribution in [1.29, 1.82) is 0 Å². The first kappa shape index (κ1) is 20.4. The first-order valence-corrected chi connectivity index (χ1v) is 12.1. The molecule has 2 nitrogen and oxygen atoms in total. The second kappa shape index (κ2) is 6.24. The van der Waals surface area contributed by atoms with Gasteiger partial charge in [-0.25, -0.2) is 0 Å². The van der Waals surface area contributed by atoms with Crippen LogP contribution < -0.4 is 0 Å². The van der Waals surface area contributed by atoms with Gasteiger partial charge in [0.1, 0.15) is 5.60 Å². The maximum Gasteiger partial charge on any atom is 0.141 e. The van der Waals surface area contributed by atoms with E-state index in [0.717, 1.165) is 6.42 Å². The Morgan fingerprint density at radius 2 is 1.41 bits per heavy atom. The minimum absolute atomic E-state index is 0.0662. The summed E-state index contributed by atoms with van der Waals surface area (Å²) in [5.41, 5.74) is 8.53. The zero-order valence-corrected chi connectivity index (χ0v) is 20.2. The van der Waals surface area contributed by atoms with Gasteiger partial charge in [-0.05, 0) is 99.8 Å². The van der Waals surface area contributed by atoms with Crippen molar-refractivity contribution in [2.45, 2.75) is 89.1 Å². The van der Waals surface area contributed by atoms with Gasteiger partial charge < -0.3 is 9.47 Å². The Bertz CT molecular complexity index is 1180. The van der Waals surface area contributed by atoms with E-state index in [1.807, 2.05) is 0 Å². The first-order chi connectivity index (χ1) is 15.2. The molecular formula is C30H34O2. The van der Waals surface area contributed by atoms with E-state index in [4.69, 9.17) is 9.47 Å². The topological polar surface area (TPSA) is 18.5 Å². The second-order valence-electron chi connectivity index (χ2n) is 11.0. The van der Waals surface area contributed by atoms with Crippen LogP contribution in [-0.2, 0) is 15.1 Å². The summed E-state index contributed by atoms with van der Waals surface area (Å²) in [5.74, 6) is 0.435. The molecule has 0 aromatic heterocycles. The molecule has 6 rings (SSSR count). The summed E-state index contributed by atoms with van der Waals surface area (Å²) in [7, 11) is 0. The van der Waals surface area contributed by atoms with E-state index in [-0.39, 0.29) is 16.8 Å². The Morgan fingerprint density at radius 3 is 2.00 bits per heavy atom. The molecule has 4 aliphatic rings. The summed E-state index contributed by atoms with van der Waals surface area (Å²) in [6.45, 7) is 13.4. The monoisotopic (exact) mass is 426 g/mol. The molecule has 2 aliphatic heterocycles.